The van der Waals surface area contributed by atoms with Crippen molar-refractivity contribution >= 4 is 34.8 Å². The third-order valence-electron chi connectivity index (χ3n) is 4.13. The lowest BCUT2D eigenvalue weighted by Gasteiger charge is -2.26. The van der Waals surface area contributed by atoms with E-state index in [9.17, 15) is 0 Å². The summed E-state index contributed by atoms with van der Waals surface area (Å²) in [7, 11) is 0. The fraction of sp³-hybridized carbons (Fsp3) is 0.238. The van der Waals surface area contributed by atoms with E-state index in [1.165, 1.54) is 5.56 Å². The highest BCUT2D eigenvalue weighted by Crippen LogP contribution is 2.40. The summed E-state index contributed by atoms with van der Waals surface area (Å²) in [4.78, 5) is 0. The average molecular weight is 425 g/mol. The van der Waals surface area contributed by atoms with Crippen molar-refractivity contribution in [3.63, 3.8) is 0 Å². The molecule has 1 heterocycles. The van der Waals surface area contributed by atoms with Crippen LogP contribution in [-0.4, -0.2) is 3.79 Å². The number of furan rings is 1. The van der Waals surface area contributed by atoms with Gasteiger partial charge in [0.25, 0.3) is 0 Å². The zero-order chi connectivity index (χ0) is 19.3. The van der Waals surface area contributed by atoms with Gasteiger partial charge in [-0.1, -0.05) is 76.8 Å². The van der Waals surface area contributed by atoms with Crippen LogP contribution >= 0.6 is 34.8 Å². The molecule has 1 unspecified atom stereocenters. The molecule has 0 aliphatic heterocycles. The lowest BCUT2D eigenvalue weighted by atomic mass is 10.1. The Kier molecular flexibility index (Phi) is 6.72. The first kappa shape index (κ1) is 20.1. The summed E-state index contributed by atoms with van der Waals surface area (Å²) in [6.07, 6.45) is 1.61. The molecule has 2 aromatic carbocycles. The molecule has 1 aromatic heterocycles. The Balaban J connectivity index is 1.64. The number of alkyl halides is 3. The van der Waals surface area contributed by atoms with E-state index >= 15 is 0 Å². The summed E-state index contributed by atoms with van der Waals surface area (Å²) in [5.41, 5.74) is 3.19. The number of benzene rings is 2. The highest BCUT2D eigenvalue weighted by Gasteiger charge is 2.33. The number of aryl methyl sites for hydroxylation is 1. The van der Waals surface area contributed by atoms with Crippen LogP contribution in [-0.2, 0) is 13.2 Å². The number of ether oxygens (including phenoxy) is 1. The molecular formula is C21H20Cl3NO2. The van der Waals surface area contributed by atoms with Crippen molar-refractivity contribution in [1.29, 1.82) is 0 Å². The van der Waals surface area contributed by atoms with Crippen LogP contribution in [0, 0.1) is 6.92 Å². The number of halogens is 3. The Morgan fingerprint density at radius 3 is 2.30 bits per heavy atom. The van der Waals surface area contributed by atoms with Crippen molar-refractivity contribution in [3.05, 3.63) is 89.4 Å². The van der Waals surface area contributed by atoms with Gasteiger partial charge in [0, 0.05) is 0 Å². The van der Waals surface area contributed by atoms with Gasteiger partial charge in [0.15, 0.2) is 0 Å². The Hall–Kier alpha value is -1.65. The van der Waals surface area contributed by atoms with E-state index in [1.54, 1.807) is 6.26 Å². The first-order valence-electron chi connectivity index (χ1n) is 8.52. The molecule has 27 heavy (non-hydrogen) atoms. The standard InChI is InChI=1S/C21H20Cl3NO2/c1-15-4-6-16(7-5-15)14-27-18-10-8-17(9-11-18)20(21(22,23)24)25-13-19-3-2-12-26-19/h2-12,20,25H,13-14H2,1H3. The third kappa shape index (κ3) is 5.91. The summed E-state index contributed by atoms with van der Waals surface area (Å²) in [5, 5.41) is 3.23. The molecule has 3 aromatic rings. The molecule has 3 nitrogen and oxygen atoms in total. The van der Waals surface area contributed by atoms with Crippen molar-refractivity contribution < 1.29 is 9.15 Å². The highest BCUT2D eigenvalue weighted by atomic mass is 35.6. The van der Waals surface area contributed by atoms with Gasteiger partial charge in [0.2, 0.25) is 3.79 Å². The smallest absolute Gasteiger partial charge is 0.209 e. The minimum absolute atomic E-state index is 0.456. The van der Waals surface area contributed by atoms with Crippen LogP contribution in [0.1, 0.15) is 28.5 Å². The lowest BCUT2D eigenvalue weighted by molar-refractivity contribution is 0.306. The number of rotatable bonds is 7. The normalized spacial score (nSPS) is 12.7. The van der Waals surface area contributed by atoms with Crippen LogP contribution in [0.4, 0.5) is 0 Å². The van der Waals surface area contributed by atoms with Gasteiger partial charge < -0.3 is 9.15 Å². The summed E-state index contributed by atoms with van der Waals surface area (Å²) in [6.45, 7) is 3.02. The fourth-order valence-corrected chi connectivity index (χ4v) is 3.26. The van der Waals surface area contributed by atoms with Gasteiger partial charge in [-0.3, -0.25) is 5.32 Å². The molecule has 6 heteroatoms. The van der Waals surface area contributed by atoms with Crippen molar-refractivity contribution in [1.82, 2.24) is 5.32 Å². The number of hydrogen-bond donors (Lipinski definition) is 1. The number of hydrogen-bond acceptors (Lipinski definition) is 3. The monoisotopic (exact) mass is 423 g/mol. The van der Waals surface area contributed by atoms with Gasteiger partial charge in [-0.25, -0.2) is 0 Å². The molecular weight excluding hydrogens is 405 g/mol. The molecule has 0 aliphatic carbocycles. The van der Waals surface area contributed by atoms with E-state index in [2.05, 4.69) is 36.5 Å². The van der Waals surface area contributed by atoms with E-state index < -0.39 is 9.83 Å². The average Bonchev–Trinajstić information content (AvgIpc) is 3.15. The maximum Gasteiger partial charge on any atom is 0.209 e. The summed E-state index contributed by atoms with van der Waals surface area (Å²) >= 11 is 18.5. The van der Waals surface area contributed by atoms with E-state index in [0.717, 1.165) is 22.6 Å². The van der Waals surface area contributed by atoms with Crippen LogP contribution in [0.3, 0.4) is 0 Å². The molecule has 0 spiro atoms. The second-order valence-corrected chi connectivity index (χ2v) is 8.65. The van der Waals surface area contributed by atoms with Gasteiger partial charge in [-0.15, -0.1) is 0 Å². The third-order valence-corrected chi connectivity index (χ3v) is 4.78. The fourth-order valence-electron chi connectivity index (χ4n) is 2.65. The molecule has 0 aliphatic rings. The van der Waals surface area contributed by atoms with Gasteiger partial charge in [0.05, 0.1) is 18.8 Å². The zero-order valence-corrected chi connectivity index (χ0v) is 17.1. The quantitative estimate of drug-likeness (QED) is 0.448. The van der Waals surface area contributed by atoms with Crippen LogP contribution in [0.15, 0.2) is 71.3 Å². The van der Waals surface area contributed by atoms with Gasteiger partial charge in [-0.05, 0) is 42.3 Å². The maximum atomic E-state index is 6.17. The Bertz CT molecular complexity index is 825. The summed E-state index contributed by atoms with van der Waals surface area (Å²) in [5.74, 6) is 1.53. The lowest BCUT2D eigenvalue weighted by Crippen LogP contribution is -2.31. The van der Waals surface area contributed by atoms with E-state index in [0.29, 0.717) is 13.2 Å². The second-order valence-electron chi connectivity index (χ2n) is 6.28. The molecule has 0 radical (unpaired) electrons. The molecule has 3 rings (SSSR count). The Morgan fingerprint density at radius 1 is 1.00 bits per heavy atom. The summed E-state index contributed by atoms with van der Waals surface area (Å²) < 4.78 is 9.65. The van der Waals surface area contributed by atoms with Crippen molar-refractivity contribution in [2.24, 2.45) is 0 Å². The maximum absolute atomic E-state index is 6.17. The Labute approximate surface area is 174 Å². The molecule has 0 saturated heterocycles. The molecule has 0 amide bonds. The topological polar surface area (TPSA) is 34.4 Å². The molecule has 1 N–H and O–H groups in total. The van der Waals surface area contributed by atoms with E-state index in [4.69, 9.17) is 44.0 Å². The largest absolute Gasteiger partial charge is 0.489 e. The van der Waals surface area contributed by atoms with Gasteiger partial charge in [-0.2, -0.15) is 0 Å². The van der Waals surface area contributed by atoms with E-state index in [1.807, 2.05) is 36.4 Å². The van der Waals surface area contributed by atoms with Gasteiger partial charge in [0.1, 0.15) is 18.1 Å². The molecule has 1 atom stereocenters. The van der Waals surface area contributed by atoms with Crippen molar-refractivity contribution in [2.45, 2.75) is 29.9 Å². The molecule has 0 saturated carbocycles. The minimum atomic E-state index is -1.50. The predicted octanol–water partition coefficient (Wildman–Crippen LogP) is 6.37. The van der Waals surface area contributed by atoms with Crippen LogP contribution in [0.2, 0.25) is 0 Å². The predicted molar refractivity (Wildman–Crippen MR) is 111 cm³/mol. The van der Waals surface area contributed by atoms with Crippen molar-refractivity contribution in [3.8, 4) is 5.75 Å². The first-order valence-corrected chi connectivity index (χ1v) is 9.66. The van der Waals surface area contributed by atoms with Crippen LogP contribution < -0.4 is 10.1 Å². The zero-order valence-electron chi connectivity index (χ0n) is 14.8. The minimum Gasteiger partial charge on any atom is -0.489 e. The highest BCUT2D eigenvalue weighted by molar-refractivity contribution is 6.68. The Morgan fingerprint density at radius 2 is 1.70 bits per heavy atom. The van der Waals surface area contributed by atoms with Crippen molar-refractivity contribution in [2.75, 3.05) is 0 Å². The molecule has 142 valence electrons. The number of nitrogens with one attached hydrogen (secondary N) is 1. The SMILES string of the molecule is Cc1ccc(COc2ccc(C(NCc3ccco3)C(Cl)(Cl)Cl)cc2)cc1. The van der Waals surface area contributed by atoms with Crippen LogP contribution in [0.5, 0.6) is 5.75 Å². The second kappa shape index (κ2) is 9.03. The molecule has 0 bridgehead atoms. The van der Waals surface area contributed by atoms with Crippen LogP contribution in [0.25, 0.3) is 0 Å². The molecule has 0 fully saturated rings. The van der Waals surface area contributed by atoms with Gasteiger partial charge >= 0.3 is 0 Å². The van der Waals surface area contributed by atoms with E-state index in [-0.39, 0.29) is 0 Å². The summed E-state index contributed by atoms with van der Waals surface area (Å²) in [6, 6.07) is 19.0. The first-order chi connectivity index (χ1) is 12.9.